The highest BCUT2D eigenvalue weighted by Gasteiger charge is 2.29. The fourth-order valence-electron chi connectivity index (χ4n) is 4.32. The fraction of sp³-hybridized carbons (Fsp3) is 0.292. The Morgan fingerprint density at radius 1 is 1.06 bits per heavy atom. The van der Waals surface area contributed by atoms with Gasteiger partial charge in [-0.3, -0.25) is 9.59 Å². The molecule has 7 heteroatoms. The number of carbonyl (C=O) groups excluding carboxylic acids is 2. The minimum Gasteiger partial charge on any atom is -0.480 e. The van der Waals surface area contributed by atoms with Crippen LogP contribution in [0.5, 0.6) is 5.75 Å². The molecule has 0 aliphatic carbocycles. The van der Waals surface area contributed by atoms with Crippen molar-refractivity contribution in [3.05, 3.63) is 78.4 Å². The van der Waals surface area contributed by atoms with Gasteiger partial charge in [-0.15, -0.1) is 0 Å². The van der Waals surface area contributed by atoms with Crippen molar-refractivity contribution in [1.82, 2.24) is 14.5 Å². The first-order valence-electron chi connectivity index (χ1n) is 10.6. The first-order chi connectivity index (χ1) is 15.2. The average molecular weight is 416 g/mol. The first-order valence-corrected chi connectivity index (χ1v) is 10.6. The summed E-state index contributed by atoms with van der Waals surface area (Å²) in [4.78, 5) is 31.7. The highest BCUT2D eigenvalue weighted by molar-refractivity contribution is 5.98. The fourth-order valence-corrected chi connectivity index (χ4v) is 4.32. The molecule has 3 aromatic rings. The van der Waals surface area contributed by atoms with E-state index in [0.29, 0.717) is 36.8 Å². The van der Waals surface area contributed by atoms with Crippen molar-refractivity contribution < 1.29 is 14.3 Å². The summed E-state index contributed by atoms with van der Waals surface area (Å²) in [5, 5.41) is 2.90. The molecule has 7 nitrogen and oxygen atoms in total. The van der Waals surface area contributed by atoms with Gasteiger partial charge in [-0.05, 0) is 42.7 Å². The lowest BCUT2D eigenvalue weighted by Crippen LogP contribution is -2.39. The number of fused-ring (bicyclic) bond motifs is 1. The zero-order chi connectivity index (χ0) is 21.2. The molecule has 0 radical (unpaired) electrons. The summed E-state index contributed by atoms with van der Waals surface area (Å²) in [7, 11) is 0. The van der Waals surface area contributed by atoms with Crippen molar-refractivity contribution in [2.24, 2.45) is 0 Å². The zero-order valence-electron chi connectivity index (χ0n) is 17.1. The Hall–Kier alpha value is -3.61. The number of imidazole rings is 1. The maximum absolute atomic E-state index is 13.0. The lowest BCUT2D eigenvalue weighted by atomic mass is 10.0. The Morgan fingerprint density at radius 3 is 2.68 bits per heavy atom. The van der Waals surface area contributed by atoms with Crippen LogP contribution in [0.4, 0.5) is 5.69 Å². The summed E-state index contributed by atoms with van der Waals surface area (Å²) < 4.78 is 7.87. The summed E-state index contributed by atoms with van der Waals surface area (Å²) in [6.45, 7) is 1.40. The van der Waals surface area contributed by atoms with Crippen molar-refractivity contribution in [1.29, 1.82) is 0 Å². The maximum atomic E-state index is 13.0. The number of nitrogens with zero attached hydrogens (tertiary/aromatic N) is 3. The van der Waals surface area contributed by atoms with E-state index < -0.39 is 6.10 Å². The molecule has 31 heavy (non-hydrogen) atoms. The third-order valence-electron chi connectivity index (χ3n) is 6.01. The number of ether oxygens (including phenoxy) is 1. The quantitative estimate of drug-likeness (QED) is 0.708. The van der Waals surface area contributed by atoms with E-state index in [9.17, 15) is 9.59 Å². The topological polar surface area (TPSA) is 76.5 Å². The average Bonchev–Trinajstić information content (AvgIpc) is 3.49. The van der Waals surface area contributed by atoms with Crippen LogP contribution in [0.25, 0.3) is 0 Å². The first kappa shape index (κ1) is 19.4. The van der Waals surface area contributed by atoms with Gasteiger partial charge in [0.15, 0.2) is 6.10 Å². The van der Waals surface area contributed by atoms with E-state index in [0.717, 1.165) is 24.2 Å². The standard InChI is InChI=1S/C24H24N4O3/c29-23(22-15-17-4-1-2-7-21(17)31-22)26-19-6-3-5-18(14-19)24(30)27-11-8-20(9-12-27)28-13-10-25-16-28/h1-7,10,13-14,16,20,22H,8-9,11-12,15H2,(H,26,29). The zero-order valence-corrected chi connectivity index (χ0v) is 17.1. The molecule has 0 spiro atoms. The van der Waals surface area contributed by atoms with Crippen LogP contribution in [0, 0.1) is 0 Å². The summed E-state index contributed by atoms with van der Waals surface area (Å²) in [5.74, 6) is 0.539. The highest BCUT2D eigenvalue weighted by Crippen LogP contribution is 2.29. The number of amides is 2. The van der Waals surface area contributed by atoms with Gasteiger partial charge in [-0.1, -0.05) is 24.3 Å². The molecule has 2 aliphatic heterocycles. The lowest BCUT2D eigenvalue weighted by molar-refractivity contribution is -0.122. The molecule has 1 fully saturated rings. The largest absolute Gasteiger partial charge is 0.480 e. The normalized spacial score (nSPS) is 18.3. The number of benzene rings is 2. The summed E-state index contributed by atoms with van der Waals surface area (Å²) in [5.41, 5.74) is 2.21. The third-order valence-corrected chi connectivity index (χ3v) is 6.01. The molecular weight excluding hydrogens is 392 g/mol. The Kier molecular flexibility index (Phi) is 5.16. The number of aromatic nitrogens is 2. The number of para-hydroxylation sites is 1. The van der Waals surface area contributed by atoms with E-state index in [1.165, 1.54) is 0 Å². The van der Waals surface area contributed by atoms with Gasteiger partial charge in [0, 0.05) is 49.2 Å². The van der Waals surface area contributed by atoms with Crippen LogP contribution < -0.4 is 10.1 Å². The molecule has 0 bridgehead atoms. The van der Waals surface area contributed by atoms with Crippen LogP contribution >= 0.6 is 0 Å². The second-order valence-corrected chi connectivity index (χ2v) is 8.02. The van der Waals surface area contributed by atoms with Gasteiger partial charge in [0.05, 0.1) is 6.33 Å². The van der Waals surface area contributed by atoms with E-state index in [2.05, 4.69) is 14.9 Å². The minimum atomic E-state index is -0.557. The molecule has 1 atom stereocenters. The number of hydrogen-bond acceptors (Lipinski definition) is 4. The van der Waals surface area contributed by atoms with Gasteiger partial charge in [0.25, 0.3) is 11.8 Å². The Bertz CT molecular complexity index is 1060. The molecule has 2 aliphatic rings. The van der Waals surface area contributed by atoms with Crippen molar-refractivity contribution in [2.45, 2.75) is 31.4 Å². The van der Waals surface area contributed by atoms with Crippen molar-refractivity contribution >= 4 is 17.5 Å². The van der Waals surface area contributed by atoms with Crippen LogP contribution in [0.1, 0.15) is 34.8 Å². The van der Waals surface area contributed by atoms with Gasteiger partial charge in [-0.25, -0.2) is 4.98 Å². The lowest BCUT2D eigenvalue weighted by Gasteiger charge is -2.32. The summed E-state index contributed by atoms with van der Waals surface area (Å²) >= 11 is 0. The van der Waals surface area contributed by atoms with E-state index in [1.54, 1.807) is 30.5 Å². The molecule has 158 valence electrons. The molecule has 2 amide bonds. The number of hydrogen-bond donors (Lipinski definition) is 1. The molecule has 1 N–H and O–H groups in total. The number of likely N-dealkylation sites (tertiary alicyclic amines) is 1. The maximum Gasteiger partial charge on any atom is 0.265 e. The van der Waals surface area contributed by atoms with Crippen LogP contribution in [0.15, 0.2) is 67.3 Å². The SMILES string of the molecule is O=C(Nc1cccc(C(=O)N2CCC(n3ccnc3)CC2)c1)C1Cc2ccccc2O1. The van der Waals surface area contributed by atoms with E-state index in [1.807, 2.05) is 41.7 Å². The molecule has 1 unspecified atom stereocenters. The number of piperidine rings is 1. The summed E-state index contributed by atoms with van der Waals surface area (Å²) in [6.07, 6.45) is 7.39. The third kappa shape index (κ3) is 4.03. The smallest absolute Gasteiger partial charge is 0.265 e. The number of carbonyl (C=O) groups is 2. The van der Waals surface area contributed by atoms with Gasteiger partial charge in [0.1, 0.15) is 5.75 Å². The Balaban J connectivity index is 1.20. The molecule has 2 aromatic carbocycles. The predicted octanol–water partition coefficient (Wildman–Crippen LogP) is 3.30. The molecule has 1 aromatic heterocycles. The Labute approximate surface area is 180 Å². The molecular formula is C24H24N4O3. The van der Waals surface area contributed by atoms with Gasteiger partial charge in [-0.2, -0.15) is 0 Å². The van der Waals surface area contributed by atoms with Crippen LogP contribution in [-0.2, 0) is 11.2 Å². The number of nitrogens with one attached hydrogen (secondary N) is 1. The van der Waals surface area contributed by atoms with Crippen LogP contribution in [0.3, 0.4) is 0 Å². The van der Waals surface area contributed by atoms with Gasteiger partial charge in [0.2, 0.25) is 0 Å². The predicted molar refractivity (Wildman–Crippen MR) is 116 cm³/mol. The van der Waals surface area contributed by atoms with Crippen molar-refractivity contribution in [2.75, 3.05) is 18.4 Å². The highest BCUT2D eigenvalue weighted by atomic mass is 16.5. The Morgan fingerprint density at radius 2 is 1.90 bits per heavy atom. The van der Waals surface area contributed by atoms with E-state index >= 15 is 0 Å². The molecule has 0 saturated carbocycles. The van der Waals surface area contributed by atoms with Crippen LogP contribution in [-0.4, -0.2) is 45.5 Å². The molecule has 3 heterocycles. The second-order valence-electron chi connectivity index (χ2n) is 8.02. The van der Waals surface area contributed by atoms with E-state index in [4.69, 9.17) is 4.74 Å². The summed E-state index contributed by atoms with van der Waals surface area (Å²) in [6, 6.07) is 15.2. The van der Waals surface area contributed by atoms with Gasteiger partial charge < -0.3 is 19.5 Å². The van der Waals surface area contributed by atoms with Gasteiger partial charge >= 0.3 is 0 Å². The number of rotatable bonds is 4. The van der Waals surface area contributed by atoms with Crippen molar-refractivity contribution in [3.8, 4) is 5.75 Å². The van der Waals surface area contributed by atoms with Crippen LogP contribution in [0.2, 0.25) is 0 Å². The van der Waals surface area contributed by atoms with E-state index in [-0.39, 0.29) is 11.8 Å². The number of anilines is 1. The monoisotopic (exact) mass is 416 g/mol. The second kappa shape index (κ2) is 8.26. The minimum absolute atomic E-state index is 0.00954. The molecule has 5 rings (SSSR count). The van der Waals surface area contributed by atoms with Crippen molar-refractivity contribution in [3.63, 3.8) is 0 Å². The molecule has 1 saturated heterocycles.